The number of rotatable bonds is 3. The largest absolute Gasteiger partial charge is 0.482 e. The van der Waals surface area contributed by atoms with Crippen molar-refractivity contribution in [1.29, 1.82) is 0 Å². The van der Waals surface area contributed by atoms with Crippen molar-refractivity contribution >= 4 is 23.0 Å². The van der Waals surface area contributed by atoms with Crippen LogP contribution in [0.1, 0.15) is 12.8 Å². The highest BCUT2D eigenvalue weighted by Crippen LogP contribution is 2.38. The van der Waals surface area contributed by atoms with Gasteiger partial charge in [-0.05, 0) is 24.8 Å². The standard InChI is InChI=1S/C15H21N3O3/c1-20-8-10-3-2-4-18(7-10)13-6-12-14(5-11(13)16)21-9-15(19)17-12/h5-6,10H,2-4,7-9,16H2,1H3,(H,17,19). The van der Waals surface area contributed by atoms with Gasteiger partial charge >= 0.3 is 0 Å². The van der Waals surface area contributed by atoms with Crippen LogP contribution >= 0.6 is 0 Å². The van der Waals surface area contributed by atoms with Crippen molar-refractivity contribution in [3.8, 4) is 5.75 Å². The summed E-state index contributed by atoms with van der Waals surface area (Å²) >= 11 is 0. The van der Waals surface area contributed by atoms with Gasteiger partial charge < -0.3 is 25.4 Å². The van der Waals surface area contributed by atoms with Crippen molar-refractivity contribution in [2.24, 2.45) is 5.92 Å². The molecule has 1 aromatic carbocycles. The van der Waals surface area contributed by atoms with Gasteiger partial charge in [0.1, 0.15) is 5.75 Å². The number of nitrogens with two attached hydrogens (primary N) is 1. The summed E-state index contributed by atoms with van der Waals surface area (Å²) in [6.07, 6.45) is 2.29. The summed E-state index contributed by atoms with van der Waals surface area (Å²) in [5, 5.41) is 2.83. The lowest BCUT2D eigenvalue weighted by Gasteiger charge is -2.35. The van der Waals surface area contributed by atoms with E-state index < -0.39 is 0 Å². The van der Waals surface area contributed by atoms with Crippen molar-refractivity contribution in [2.75, 3.05) is 49.4 Å². The Hall–Kier alpha value is -1.95. The van der Waals surface area contributed by atoms with Gasteiger partial charge in [-0.2, -0.15) is 0 Å². The Morgan fingerprint density at radius 1 is 1.52 bits per heavy atom. The van der Waals surface area contributed by atoms with Crippen LogP contribution < -0.4 is 20.7 Å². The molecule has 21 heavy (non-hydrogen) atoms. The Kier molecular flexibility index (Phi) is 3.88. The summed E-state index contributed by atoms with van der Waals surface area (Å²) in [5.74, 6) is 1.03. The molecular formula is C15H21N3O3. The normalized spacial score (nSPS) is 21.5. The maximum absolute atomic E-state index is 11.4. The van der Waals surface area contributed by atoms with Crippen LogP contribution in [-0.4, -0.2) is 39.3 Å². The number of nitrogen functional groups attached to an aromatic ring is 1. The molecule has 0 spiro atoms. The van der Waals surface area contributed by atoms with Crippen LogP contribution in [-0.2, 0) is 9.53 Å². The number of nitrogens with one attached hydrogen (secondary N) is 1. The van der Waals surface area contributed by atoms with Gasteiger partial charge in [-0.3, -0.25) is 4.79 Å². The second-order valence-electron chi connectivity index (χ2n) is 5.65. The molecule has 2 aliphatic rings. The second kappa shape index (κ2) is 5.81. The Morgan fingerprint density at radius 2 is 2.38 bits per heavy atom. The number of carbonyl (C=O) groups is 1. The summed E-state index contributed by atoms with van der Waals surface area (Å²) in [7, 11) is 1.74. The summed E-state index contributed by atoms with van der Waals surface area (Å²) < 4.78 is 10.7. The van der Waals surface area contributed by atoms with Gasteiger partial charge in [0.05, 0.1) is 23.7 Å². The predicted molar refractivity (Wildman–Crippen MR) is 81.8 cm³/mol. The number of nitrogens with zero attached hydrogens (tertiary/aromatic N) is 1. The molecule has 0 aliphatic carbocycles. The molecule has 1 unspecified atom stereocenters. The van der Waals surface area contributed by atoms with Crippen LogP contribution in [0, 0.1) is 5.92 Å². The highest BCUT2D eigenvalue weighted by molar-refractivity contribution is 5.97. The smallest absolute Gasteiger partial charge is 0.262 e. The summed E-state index contributed by atoms with van der Waals surface area (Å²) in [6, 6.07) is 3.71. The third-order valence-electron chi connectivity index (χ3n) is 4.02. The first kappa shape index (κ1) is 14.0. The van der Waals surface area contributed by atoms with Crippen LogP contribution in [0.5, 0.6) is 5.75 Å². The molecule has 6 heteroatoms. The lowest BCUT2D eigenvalue weighted by Crippen LogP contribution is -2.37. The molecule has 2 aliphatic heterocycles. The first-order valence-electron chi connectivity index (χ1n) is 7.27. The highest BCUT2D eigenvalue weighted by Gasteiger charge is 2.24. The van der Waals surface area contributed by atoms with Crippen molar-refractivity contribution in [3.05, 3.63) is 12.1 Å². The van der Waals surface area contributed by atoms with Gasteiger partial charge in [-0.25, -0.2) is 0 Å². The maximum atomic E-state index is 11.4. The van der Waals surface area contributed by atoms with E-state index in [9.17, 15) is 4.79 Å². The molecule has 6 nitrogen and oxygen atoms in total. The van der Waals surface area contributed by atoms with Crippen LogP contribution in [0.15, 0.2) is 12.1 Å². The summed E-state index contributed by atoms with van der Waals surface area (Å²) in [4.78, 5) is 13.7. The van der Waals surface area contributed by atoms with E-state index in [0.717, 1.165) is 31.8 Å². The molecule has 1 amide bonds. The lowest BCUT2D eigenvalue weighted by atomic mass is 9.98. The van der Waals surface area contributed by atoms with Crippen LogP contribution in [0.2, 0.25) is 0 Å². The van der Waals surface area contributed by atoms with Crippen LogP contribution in [0.4, 0.5) is 17.1 Å². The van der Waals surface area contributed by atoms with Gasteiger partial charge in [0.25, 0.3) is 5.91 Å². The van der Waals surface area contributed by atoms with E-state index in [0.29, 0.717) is 23.0 Å². The van der Waals surface area contributed by atoms with E-state index in [1.165, 1.54) is 6.42 Å². The molecule has 1 aromatic rings. The van der Waals surface area contributed by atoms with Crippen molar-refractivity contribution in [3.63, 3.8) is 0 Å². The number of hydrogen-bond donors (Lipinski definition) is 2. The Labute approximate surface area is 124 Å². The zero-order valence-corrected chi connectivity index (χ0v) is 12.2. The van der Waals surface area contributed by atoms with Crippen molar-refractivity contribution < 1.29 is 14.3 Å². The van der Waals surface area contributed by atoms with Gasteiger partial charge in [-0.15, -0.1) is 0 Å². The fourth-order valence-corrected chi connectivity index (χ4v) is 3.06. The molecule has 114 valence electrons. The first-order chi connectivity index (χ1) is 10.2. The molecule has 0 aromatic heterocycles. The average Bonchev–Trinajstić information content (AvgIpc) is 2.48. The minimum Gasteiger partial charge on any atom is -0.482 e. The quantitative estimate of drug-likeness (QED) is 0.825. The zero-order valence-electron chi connectivity index (χ0n) is 12.2. The molecule has 3 N–H and O–H groups in total. The lowest BCUT2D eigenvalue weighted by molar-refractivity contribution is -0.118. The Morgan fingerprint density at radius 3 is 3.19 bits per heavy atom. The van der Waals surface area contributed by atoms with E-state index >= 15 is 0 Å². The Bertz CT molecular complexity index is 545. The Balaban J connectivity index is 1.84. The van der Waals surface area contributed by atoms with E-state index in [-0.39, 0.29) is 12.5 Å². The van der Waals surface area contributed by atoms with Gasteiger partial charge in [-0.1, -0.05) is 0 Å². The molecular weight excluding hydrogens is 270 g/mol. The number of fused-ring (bicyclic) bond motifs is 1. The van der Waals surface area contributed by atoms with Crippen molar-refractivity contribution in [2.45, 2.75) is 12.8 Å². The number of methoxy groups -OCH3 is 1. The molecule has 0 bridgehead atoms. The molecule has 1 saturated heterocycles. The van der Waals surface area contributed by atoms with Crippen LogP contribution in [0.25, 0.3) is 0 Å². The molecule has 1 fully saturated rings. The van der Waals surface area contributed by atoms with E-state index in [2.05, 4.69) is 10.2 Å². The fourth-order valence-electron chi connectivity index (χ4n) is 3.06. The van der Waals surface area contributed by atoms with Gasteiger partial charge in [0, 0.05) is 26.3 Å². The number of ether oxygens (including phenoxy) is 2. The molecule has 0 saturated carbocycles. The highest BCUT2D eigenvalue weighted by atomic mass is 16.5. The van der Waals surface area contributed by atoms with Crippen LogP contribution in [0.3, 0.4) is 0 Å². The predicted octanol–water partition coefficient (Wildman–Crippen LogP) is 1.46. The summed E-state index contributed by atoms with van der Waals surface area (Å²) in [5.41, 5.74) is 8.50. The SMILES string of the molecule is COCC1CCCN(c2cc3c(cc2N)OCC(=O)N3)C1. The number of piperidine rings is 1. The van der Waals surface area contributed by atoms with Crippen molar-refractivity contribution in [1.82, 2.24) is 0 Å². The maximum Gasteiger partial charge on any atom is 0.262 e. The number of hydrogen-bond acceptors (Lipinski definition) is 5. The molecule has 3 rings (SSSR count). The summed E-state index contributed by atoms with van der Waals surface area (Å²) in [6.45, 7) is 2.70. The topological polar surface area (TPSA) is 76.8 Å². The number of carbonyl (C=O) groups excluding carboxylic acids is 1. The third-order valence-corrected chi connectivity index (χ3v) is 4.02. The number of anilines is 3. The molecule has 1 atom stereocenters. The average molecular weight is 291 g/mol. The van der Waals surface area contributed by atoms with E-state index in [1.54, 1.807) is 13.2 Å². The number of benzene rings is 1. The van der Waals surface area contributed by atoms with E-state index in [1.807, 2.05) is 6.07 Å². The third kappa shape index (κ3) is 2.90. The second-order valence-corrected chi connectivity index (χ2v) is 5.65. The number of amides is 1. The van der Waals surface area contributed by atoms with E-state index in [4.69, 9.17) is 15.2 Å². The first-order valence-corrected chi connectivity index (χ1v) is 7.27. The minimum atomic E-state index is -0.130. The minimum absolute atomic E-state index is 0.0470. The monoisotopic (exact) mass is 291 g/mol. The molecule has 2 heterocycles. The van der Waals surface area contributed by atoms with Gasteiger partial charge in [0.2, 0.25) is 0 Å². The van der Waals surface area contributed by atoms with Gasteiger partial charge in [0.15, 0.2) is 6.61 Å². The molecule has 0 radical (unpaired) electrons. The zero-order chi connectivity index (χ0) is 14.8. The fraction of sp³-hybridized carbons (Fsp3) is 0.533.